The smallest absolute Gasteiger partial charge is 0.394 e. The van der Waals surface area contributed by atoms with Gasteiger partial charge in [0.15, 0.2) is 0 Å². The maximum Gasteiger partial charge on any atom is 3.00 e. The summed E-state index contributed by atoms with van der Waals surface area (Å²) in [5.41, 5.74) is 0. The molecule has 0 amide bonds. The molecule has 0 aromatic heterocycles. The first-order valence-corrected chi connectivity index (χ1v) is 3.08. The van der Waals surface area contributed by atoms with Gasteiger partial charge in [-0.15, -0.1) is 0 Å². The minimum absolute atomic E-state index is 0. The van der Waals surface area contributed by atoms with E-state index in [4.69, 9.17) is 5.11 Å². The average molecular weight is 246 g/mol. The first kappa shape index (κ1) is 22.8. The third-order valence-corrected chi connectivity index (χ3v) is 0.556. The van der Waals surface area contributed by atoms with Gasteiger partial charge in [-0.25, -0.2) is 12.1 Å². The molecule has 0 aliphatic rings. The maximum atomic E-state index is 8.06. The second-order valence-electron chi connectivity index (χ2n) is 2.06. The van der Waals surface area contributed by atoms with E-state index in [1.54, 1.807) is 13.8 Å². The molecule has 1 radical (unpaired) electrons. The Morgan fingerprint density at radius 1 is 1.08 bits per heavy atom. The largest absolute Gasteiger partial charge is 3.00 e. The van der Waals surface area contributed by atoms with Crippen molar-refractivity contribution in [3.05, 3.63) is 45.2 Å². The molecule has 1 aromatic rings. The summed E-state index contributed by atoms with van der Waals surface area (Å²) in [7, 11) is 0. The van der Waals surface area contributed by atoms with Crippen LogP contribution < -0.4 is 0 Å². The quantitative estimate of drug-likeness (QED) is 0.698. The minimum Gasteiger partial charge on any atom is -0.394 e. The number of aliphatic hydroxyl groups excluding tert-OH is 1. The summed E-state index contributed by atoms with van der Waals surface area (Å²) < 4.78 is 0. The van der Waals surface area contributed by atoms with Crippen molar-refractivity contribution >= 4 is 0 Å². The Morgan fingerprint density at radius 2 is 1.33 bits per heavy atom. The zero-order valence-corrected chi connectivity index (χ0v) is 10.9. The van der Waals surface area contributed by atoms with Gasteiger partial charge < -0.3 is 20.0 Å². The molecule has 0 atom stereocenters. The van der Waals surface area contributed by atoms with Crippen molar-refractivity contribution in [3.8, 4) is 0 Å². The molecule has 1 nitrogen and oxygen atoms in total. The van der Waals surface area contributed by atoms with Crippen LogP contribution in [0.1, 0.15) is 13.8 Å². The van der Waals surface area contributed by atoms with E-state index in [-0.39, 0.29) is 47.2 Å². The van der Waals surface area contributed by atoms with E-state index in [1.165, 1.54) is 0 Å². The molecule has 0 saturated carbocycles. The summed E-state index contributed by atoms with van der Waals surface area (Å²) in [5.74, 6) is 0. The third-order valence-electron chi connectivity index (χ3n) is 0.556. The monoisotopic (exact) mass is 245 g/mol. The van der Waals surface area contributed by atoms with Crippen LogP contribution in [0.15, 0.2) is 30.3 Å². The van der Waals surface area contributed by atoms with Gasteiger partial charge in [0.25, 0.3) is 0 Å². The molecular formula is C10H19OZr. The minimum atomic E-state index is -0.167. The molecular weight excluding hydrogens is 227 g/mol. The van der Waals surface area contributed by atoms with Crippen molar-refractivity contribution in [2.24, 2.45) is 0 Å². The van der Waals surface area contributed by atoms with Crippen molar-refractivity contribution in [2.75, 3.05) is 0 Å². The summed E-state index contributed by atoms with van der Waals surface area (Å²) in [6.45, 7) is 3.44. The Balaban J connectivity index is -0.0000000436. The first-order chi connectivity index (χ1) is 4.23. The van der Waals surface area contributed by atoms with Crippen LogP contribution in [-0.4, -0.2) is 11.2 Å². The van der Waals surface area contributed by atoms with Gasteiger partial charge in [0, 0.05) is 6.10 Å². The predicted molar refractivity (Wildman–Crippen MR) is 52.2 cm³/mol. The summed E-state index contributed by atoms with van der Waals surface area (Å²) in [5, 5.41) is 8.06. The van der Waals surface area contributed by atoms with Gasteiger partial charge >= 0.3 is 26.2 Å². The summed E-state index contributed by atoms with van der Waals surface area (Å²) in [6, 6.07) is 10.0. The molecule has 2 heteroatoms. The van der Waals surface area contributed by atoms with E-state index in [0.29, 0.717) is 0 Å². The fourth-order valence-electron chi connectivity index (χ4n) is 0.321. The van der Waals surface area contributed by atoms with Gasteiger partial charge in [0.1, 0.15) is 0 Å². The molecule has 0 unspecified atom stereocenters. The van der Waals surface area contributed by atoms with E-state index >= 15 is 0 Å². The number of hydrogen-bond donors (Lipinski definition) is 1. The molecule has 0 saturated heterocycles. The predicted octanol–water partition coefficient (Wildman–Crippen LogP) is 2.69. The molecule has 0 aliphatic carbocycles. The zero-order chi connectivity index (χ0) is 7.11. The number of rotatable bonds is 0. The number of aliphatic hydroxyl groups is 1. The normalized spacial score (nSPS) is 6.33. The molecule has 0 fully saturated rings. The van der Waals surface area contributed by atoms with Gasteiger partial charge in [0.05, 0.1) is 0 Å². The molecule has 0 heterocycles. The van der Waals surface area contributed by atoms with Crippen LogP contribution in [0.5, 0.6) is 0 Å². The fraction of sp³-hybridized carbons (Fsp3) is 0.300. The molecule has 0 aliphatic heterocycles. The SMILES string of the molecule is CC(C)O.[CH3-].[CH3-].[Zr+3].c1cc[cH-]c1. The van der Waals surface area contributed by atoms with E-state index in [1.807, 2.05) is 30.3 Å². The Kier molecular flexibility index (Phi) is 32.9. The molecule has 0 spiro atoms. The maximum absolute atomic E-state index is 8.06. The van der Waals surface area contributed by atoms with Gasteiger partial charge in [0.2, 0.25) is 0 Å². The van der Waals surface area contributed by atoms with Gasteiger partial charge in [-0.1, -0.05) is 0 Å². The van der Waals surface area contributed by atoms with Crippen LogP contribution in [0.25, 0.3) is 0 Å². The Bertz CT molecular complexity index is 93.4. The second-order valence-corrected chi connectivity index (χ2v) is 2.06. The van der Waals surface area contributed by atoms with Crippen molar-refractivity contribution in [3.63, 3.8) is 0 Å². The van der Waals surface area contributed by atoms with Crippen molar-refractivity contribution in [1.29, 1.82) is 0 Å². The van der Waals surface area contributed by atoms with Gasteiger partial charge in [-0.05, 0) is 13.8 Å². The van der Waals surface area contributed by atoms with Crippen LogP contribution in [-0.2, 0) is 26.2 Å². The van der Waals surface area contributed by atoms with Gasteiger partial charge in [-0.2, -0.15) is 18.2 Å². The molecule has 12 heavy (non-hydrogen) atoms. The van der Waals surface area contributed by atoms with Crippen molar-refractivity contribution in [1.82, 2.24) is 0 Å². The molecule has 69 valence electrons. The molecule has 1 rings (SSSR count). The van der Waals surface area contributed by atoms with Crippen LogP contribution in [0.4, 0.5) is 0 Å². The third kappa shape index (κ3) is 31.9. The Morgan fingerprint density at radius 3 is 1.42 bits per heavy atom. The molecule has 1 N–H and O–H groups in total. The van der Waals surface area contributed by atoms with Crippen LogP contribution in [0, 0.1) is 14.9 Å². The second kappa shape index (κ2) is 17.3. The van der Waals surface area contributed by atoms with E-state index in [9.17, 15) is 0 Å². The van der Waals surface area contributed by atoms with Crippen LogP contribution in [0.3, 0.4) is 0 Å². The van der Waals surface area contributed by atoms with Crippen LogP contribution in [0.2, 0.25) is 0 Å². The van der Waals surface area contributed by atoms with Gasteiger partial charge in [-0.3, -0.25) is 0 Å². The van der Waals surface area contributed by atoms with Crippen LogP contribution >= 0.6 is 0 Å². The first-order valence-electron chi connectivity index (χ1n) is 3.08. The molecule has 1 aromatic carbocycles. The standard InChI is InChI=1S/C5H5.C3H8O.2CH3.Zr/c1-2-4-5-3-1;1-3(2)4;;;/h1-5H;3-4H,1-2H3;2*1H3;/q-1;;2*-1;+3. The summed E-state index contributed by atoms with van der Waals surface area (Å²) in [4.78, 5) is 0. The van der Waals surface area contributed by atoms with E-state index in [2.05, 4.69) is 0 Å². The Labute approximate surface area is 96.3 Å². The Hall–Kier alpha value is 0.193. The molecule has 0 bridgehead atoms. The topological polar surface area (TPSA) is 20.2 Å². The van der Waals surface area contributed by atoms with E-state index in [0.717, 1.165) is 0 Å². The number of hydrogen-bond acceptors (Lipinski definition) is 1. The summed E-state index contributed by atoms with van der Waals surface area (Å²) in [6.07, 6.45) is -0.167. The summed E-state index contributed by atoms with van der Waals surface area (Å²) >= 11 is 0. The van der Waals surface area contributed by atoms with Crippen molar-refractivity contribution < 1.29 is 31.3 Å². The average Bonchev–Trinajstić information content (AvgIpc) is 2.11. The zero-order valence-electron chi connectivity index (χ0n) is 8.41. The fourth-order valence-corrected chi connectivity index (χ4v) is 0.321. The van der Waals surface area contributed by atoms with E-state index < -0.39 is 0 Å². The van der Waals surface area contributed by atoms with Crippen molar-refractivity contribution in [2.45, 2.75) is 20.0 Å².